The Balaban J connectivity index is 1.81. The molecule has 0 aliphatic rings. The molecule has 2 aromatic rings. The van der Waals surface area contributed by atoms with Gasteiger partial charge in [0.05, 0.1) is 0 Å². The van der Waals surface area contributed by atoms with Gasteiger partial charge in [-0.05, 0) is 44.5 Å². The van der Waals surface area contributed by atoms with E-state index in [0.717, 1.165) is 11.1 Å². The van der Waals surface area contributed by atoms with Gasteiger partial charge < -0.3 is 15.4 Å². The molecule has 2 N–H and O–H groups in total. The van der Waals surface area contributed by atoms with Gasteiger partial charge in [0.15, 0.2) is 6.10 Å². The van der Waals surface area contributed by atoms with Gasteiger partial charge in [-0.15, -0.1) is 0 Å². The molecule has 0 spiro atoms. The van der Waals surface area contributed by atoms with Crippen molar-refractivity contribution in [3.63, 3.8) is 0 Å². The number of hydrogen-bond acceptors (Lipinski definition) is 4. The molecule has 0 saturated heterocycles. The molecule has 1 atom stereocenters. The summed E-state index contributed by atoms with van der Waals surface area (Å²) in [5.41, 5.74) is 3.06. The van der Waals surface area contributed by atoms with Crippen molar-refractivity contribution in [2.75, 3.05) is 11.9 Å². The van der Waals surface area contributed by atoms with Crippen molar-refractivity contribution in [2.24, 2.45) is 0 Å². The molecule has 26 heavy (non-hydrogen) atoms. The van der Waals surface area contributed by atoms with Crippen molar-refractivity contribution >= 4 is 23.5 Å². The van der Waals surface area contributed by atoms with Crippen LogP contribution in [0.5, 0.6) is 0 Å². The number of nitrogens with one attached hydrogen (secondary N) is 2. The fraction of sp³-hybridized carbons (Fsp3) is 0.250. The Bertz CT molecular complexity index is 800. The summed E-state index contributed by atoms with van der Waals surface area (Å²) >= 11 is 0. The first-order valence-corrected chi connectivity index (χ1v) is 8.27. The molecule has 0 bridgehead atoms. The summed E-state index contributed by atoms with van der Waals surface area (Å²) < 4.78 is 5.06. The van der Waals surface area contributed by atoms with E-state index in [2.05, 4.69) is 10.6 Å². The van der Waals surface area contributed by atoms with Crippen molar-refractivity contribution in [1.82, 2.24) is 5.32 Å². The van der Waals surface area contributed by atoms with E-state index in [1.54, 1.807) is 24.3 Å². The highest BCUT2D eigenvalue weighted by atomic mass is 16.5. The molecule has 6 heteroatoms. The molecule has 0 fully saturated rings. The molecule has 6 nitrogen and oxygen atoms in total. The highest BCUT2D eigenvalue weighted by Crippen LogP contribution is 2.13. The third-order valence-corrected chi connectivity index (χ3v) is 3.79. The fourth-order valence-electron chi connectivity index (χ4n) is 2.20. The standard InChI is InChI=1S/C20H22N2O4/c1-13-8-10-16(11-9-13)20(25)21-12-18(23)26-15(3)19(24)22-17-7-5-4-6-14(17)2/h4-11,15H,12H2,1-3H3,(H,21,25)(H,22,24). The van der Waals surface area contributed by atoms with Gasteiger partial charge >= 0.3 is 5.97 Å². The lowest BCUT2D eigenvalue weighted by atomic mass is 10.1. The molecule has 1 unspecified atom stereocenters. The summed E-state index contributed by atoms with van der Waals surface area (Å²) in [7, 11) is 0. The van der Waals surface area contributed by atoms with E-state index in [0.29, 0.717) is 11.3 Å². The zero-order chi connectivity index (χ0) is 19.1. The molecule has 2 rings (SSSR count). The van der Waals surface area contributed by atoms with E-state index in [1.165, 1.54) is 6.92 Å². The van der Waals surface area contributed by atoms with Crippen molar-refractivity contribution in [3.8, 4) is 0 Å². The molecule has 0 saturated carbocycles. The zero-order valence-electron chi connectivity index (χ0n) is 15.0. The van der Waals surface area contributed by atoms with Crippen molar-refractivity contribution in [3.05, 3.63) is 65.2 Å². The molecular weight excluding hydrogens is 332 g/mol. The predicted octanol–water partition coefficient (Wildman–Crippen LogP) is 2.60. The average Bonchev–Trinajstić information content (AvgIpc) is 2.62. The van der Waals surface area contributed by atoms with Crippen LogP contribution in [0.1, 0.15) is 28.4 Å². The van der Waals surface area contributed by atoms with Gasteiger partial charge in [0, 0.05) is 11.3 Å². The first-order chi connectivity index (χ1) is 12.4. The fourth-order valence-corrected chi connectivity index (χ4v) is 2.20. The average molecular weight is 354 g/mol. The maximum absolute atomic E-state index is 12.1. The van der Waals surface area contributed by atoms with Crippen molar-refractivity contribution in [1.29, 1.82) is 0 Å². The molecule has 2 aromatic carbocycles. The highest BCUT2D eigenvalue weighted by molar-refractivity contribution is 5.97. The lowest BCUT2D eigenvalue weighted by molar-refractivity contribution is -0.152. The van der Waals surface area contributed by atoms with Gasteiger partial charge in [0.25, 0.3) is 11.8 Å². The van der Waals surface area contributed by atoms with E-state index in [9.17, 15) is 14.4 Å². The van der Waals surface area contributed by atoms with Crippen LogP contribution >= 0.6 is 0 Å². The summed E-state index contributed by atoms with van der Waals surface area (Å²) in [6, 6.07) is 14.3. The minimum Gasteiger partial charge on any atom is -0.451 e. The van der Waals surface area contributed by atoms with E-state index in [-0.39, 0.29) is 12.5 Å². The molecule has 0 radical (unpaired) electrons. The minimum absolute atomic E-state index is 0.311. The number of anilines is 1. The molecule has 0 aliphatic heterocycles. The number of ether oxygens (including phenoxy) is 1. The molecule has 0 aliphatic carbocycles. The lowest BCUT2D eigenvalue weighted by Crippen LogP contribution is -2.35. The topological polar surface area (TPSA) is 84.5 Å². The summed E-state index contributed by atoms with van der Waals surface area (Å²) in [4.78, 5) is 35.9. The van der Waals surface area contributed by atoms with Crippen LogP contribution in [0.3, 0.4) is 0 Å². The predicted molar refractivity (Wildman–Crippen MR) is 98.9 cm³/mol. The van der Waals surface area contributed by atoms with Gasteiger partial charge in [0.1, 0.15) is 6.54 Å². The molecule has 136 valence electrons. The summed E-state index contributed by atoms with van der Waals surface area (Å²) in [5.74, 6) is -1.49. The number of carbonyl (C=O) groups excluding carboxylic acids is 3. The van der Waals surface area contributed by atoms with E-state index in [4.69, 9.17) is 4.74 Å². The molecule has 0 heterocycles. The van der Waals surface area contributed by atoms with Crippen LogP contribution in [0.2, 0.25) is 0 Å². The minimum atomic E-state index is -0.974. The number of benzene rings is 2. The number of hydrogen-bond donors (Lipinski definition) is 2. The number of carbonyl (C=O) groups is 3. The Morgan fingerprint density at radius 3 is 2.31 bits per heavy atom. The Morgan fingerprint density at radius 1 is 1.00 bits per heavy atom. The number of rotatable bonds is 6. The summed E-state index contributed by atoms with van der Waals surface area (Å²) in [6.07, 6.45) is -0.974. The van der Waals surface area contributed by atoms with Gasteiger partial charge in [-0.2, -0.15) is 0 Å². The van der Waals surface area contributed by atoms with Crippen molar-refractivity contribution in [2.45, 2.75) is 26.9 Å². The second-order valence-electron chi connectivity index (χ2n) is 5.98. The van der Waals surface area contributed by atoms with Crippen LogP contribution in [-0.2, 0) is 14.3 Å². The maximum Gasteiger partial charge on any atom is 0.326 e. The summed E-state index contributed by atoms with van der Waals surface area (Å²) in [6.45, 7) is 4.96. The lowest BCUT2D eigenvalue weighted by Gasteiger charge is -2.15. The third kappa shape index (κ3) is 5.44. The maximum atomic E-state index is 12.1. The molecule has 2 amide bonds. The Kier molecular flexibility index (Phi) is 6.49. The monoisotopic (exact) mass is 354 g/mol. The normalized spacial score (nSPS) is 11.3. The second kappa shape index (κ2) is 8.80. The Hall–Kier alpha value is -3.15. The Morgan fingerprint density at radius 2 is 1.65 bits per heavy atom. The van der Waals surface area contributed by atoms with E-state index >= 15 is 0 Å². The largest absolute Gasteiger partial charge is 0.451 e. The second-order valence-corrected chi connectivity index (χ2v) is 5.98. The zero-order valence-corrected chi connectivity index (χ0v) is 15.0. The Labute approximate surface area is 152 Å². The summed E-state index contributed by atoms with van der Waals surface area (Å²) in [5, 5.41) is 5.18. The molecular formula is C20H22N2O4. The first-order valence-electron chi connectivity index (χ1n) is 8.27. The van der Waals surface area contributed by atoms with Gasteiger partial charge in [-0.3, -0.25) is 14.4 Å². The highest BCUT2D eigenvalue weighted by Gasteiger charge is 2.19. The van der Waals surface area contributed by atoms with E-state index in [1.807, 2.05) is 38.1 Å². The van der Waals surface area contributed by atoms with Gasteiger partial charge in [-0.1, -0.05) is 35.9 Å². The van der Waals surface area contributed by atoms with Crippen LogP contribution in [-0.4, -0.2) is 30.4 Å². The number of aryl methyl sites for hydroxylation is 2. The van der Waals surface area contributed by atoms with Crippen LogP contribution < -0.4 is 10.6 Å². The van der Waals surface area contributed by atoms with Gasteiger partial charge in [0.2, 0.25) is 0 Å². The van der Waals surface area contributed by atoms with Crippen LogP contribution in [0.25, 0.3) is 0 Å². The number of amides is 2. The SMILES string of the molecule is Cc1ccc(C(=O)NCC(=O)OC(C)C(=O)Nc2ccccc2C)cc1. The number of para-hydroxylation sites is 1. The van der Waals surface area contributed by atoms with Crippen LogP contribution in [0, 0.1) is 13.8 Å². The number of esters is 1. The van der Waals surface area contributed by atoms with E-state index < -0.39 is 18.0 Å². The van der Waals surface area contributed by atoms with Crippen LogP contribution in [0.4, 0.5) is 5.69 Å². The molecule has 0 aromatic heterocycles. The van der Waals surface area contributed by atoms with Crippen molar-refractivity contribution < 1.29 is 19.1 Å². The quantitative estimate of drug-likeness (QED) is 0.781. The van der Waals surface area contributed by atoms with Crippen LogP contribution in [0.15, 0.2) is 48.5 Å². The van der Waals surface area contributed by atoms with Gasteiger partial charge in [-0.25, -0.2) is 0 Å². The third-order valence-electron chi connectivity index (χ3n) is 3.79. The smallest absolute Gasteiger partial charge is 0.326 e. The first kappa shape index (κ1) is 19.2.